The van der Waals surface area contributed by atoms with Crippen LogP contribution in [0.4, 0.5) is 4.39 Å². The third-order valence-electron chi connectivity index (χ3n) is 3.79. The summed E-state index contributed by atoms with van der Waals surface area (Å²) in [5.74, 6) is 0.336. The summed E-state index contributed by atoms with van der Waals surface area (Å²) in [7, 11) is 0. The zero-order chi connectivity index (χ0) is 12.3. The molecule has 0 aromatic heterocycles. The highest BCUT2D eigenvalue weighted by molar-refractivity contribution is 6.30. The van der Waals surface area contributed by atoms with Crippen molar-refractivity contribution >= 4 is 23.2 Å². The lowest BCUT2D eigenvalue weighted by Gasteiger charge is -2.35. The number of rotatable bonds is 3. The molecule has 1 saturated carbocycles. The van der Waals surface area contributed by atoms with Crippen molar-refractivity contribution in [2.45, 2.75) is 38.5 Å². The van der Waals surface area contributed by atoms with Gasteiger partial charge in [0.25, 0.3) is 0 Å². The van der Waals surface area contributed by atoms with Crippen molar-refractivity contribution in [3.05, 3.63) is 34.6 Å². The maximum atomic E-state index is 13.9. The Hall–Kier alpha value is -0.270. The van der Waals surface area contributed by atoms with Crippen LogP contribution in [-0.2, 0) is 6.42 Å². The normalized spacial score (nSPS) is 19.2. The molecule has 0 N–H and O–H groups in total. The number of hydrogen-bond donors (Lipinski definition) is 0. The van der Waals surface area contributed by atoms with E-state index in [0.717, 1.165) is 12.8 Å². The number of halogens is 3. The maximum Gasteiger partial charge on any atom is 0.144 e. The smallest absolute Gasteiger partial charge is 0.144 e. The van der Waals surface area contributed by atoms with E-state index in [4.69, 9.17) is 23.2 Å². The molecule has 17 heavy (non-hydrogen) atoms. The molecular formula is C14H17Cl2F. The van der Waals surface area contributed by atoms with E-state index >= 15 is 0 Å². The van der Waals surface area contributed by atoms with E-state index in [-0.39, 0.29) is 16.3 Å². The first-order chi connectivity index (χ1) is 8.17. The fraction of sp³-hybridized carbons (Fsp3) is 0.571. The van der Waals surface area contributed by atoms with Gasteiger partial charge in [0.2, 0.25) is 0 Å². The largest absolute Gasteiger partial charge is 0.205 e. The number of benzene rings is 1. The topological polar surface area (TPSA) is 0 Å². The molecule has 0 amide bonds. The van der Waals surface area contributed by atoms with Crippen LogP contribution >= 0.6 is 23.2 Å². The Balaban J connectivity index is 2.20. The summed E-state index contributed by atoms with van der Waals surface area (Å²) in [6.07, 6.45) is 6.59. The van der Waals surface area contributed by atoms with E-state index in [2.05, 4.69) is 0 Å². The van der Waals surface area contributed by atoms with Crippen molar-refractivity contribution in [1.82, 2.24) is 0 Å². The van der Waals surface area contributed by atoms with Gasteiger partial charge in [0, 0.05) is 5.88 Å². The molecule has 0 aliphatic heterocycles. The molecule has 0 atom stereocenters. The lowest BCUT2D eigenvalue weighted by atomic mass is 9.72. The average molecular weight is 275 g/mol. The lowest BCUT2D eigenvalue weighted by Crippen LogP contribution is -2.29. The predicted octanol–water partition coefficient (Wildman–Crippen LogP) is 5.21. The van der Waals surface area contributed by atoms with E-state index in [9.17, 15) is 4.39 Å². The zero-order valence-corrected chi connectivity index (χ0v) is 11.3. The first kappa shape index (κ1) is 13.2. The van der Waals surface area contributed by atoms with Crippen molar-refractivity contribution in [3.8, 4) is 0 Å². The lowest BCUT2D eigenvalue weighted by molar-refractivity contribution is 0.217. The third-order valence-corrected chi connectivity index (χ3v) is 4.65. The standard InChI is InChI=1S/C14H17Cl2F/c15-10-14(7-2-1-3-8-14)9-11-5-4-6-12(16)13(11)17/h4-6H,1-3,7-10H2. The molecule has 1 aromatic rings. The predicted molar refractivity (Wildman–Crippen MR) is 71.4 cm³/mol. The van der Waals surface area contributed by atoms with Crippen molar-refractivity contribution < 1.29 is 4.39 Å². The quantitative estimate of drug-likeness (QED) is 0.664. The van der Waals surface area contributed by atoms with E-state index in [1.54, 1.807) is 6.07 Å². The molecule has 0 unspecified atom stereocenters. The van der Waals surface area contributed by atoms with Gasteiger partial charge in [0.1, 0.15) is 5.82 Å². The summed E-state index contributed by atoms with van der Waals surface area (Å²) in [4.78, 5) is 0. The van der Waals surface area contributed by atoms with Crippen molar-refractivity contribution in [2.75, 3.05) is 5.88 Å². The van der Waals surface area contributed by atoms with Crippen LogP contribution in [0.2, 0.25) is 5.02 Å². The Kier molecular flexibility index (Phi) is 4.32. The summed E-state index contributed by atoms with van der Waals surface area (Å²) >= 11 is 11.9. The molecule has 0 heterocycles. The van der Waals surface area contributed by atoms with Crippen molar-refractivity contribution in [3.63, 3.8) is 0 Å². The fourth-order valence-corrected chi connectivity index (χ4v) is 3.30. The Morgan fingerprint density at radius 3 is 2.53 bits per heavy atom. The summed E-state index contributed by atoms with van der Waals surface area (Å²) in [5.41, 5.74) is 0.783. The van der Waals surface area contributed by atoms with Crippen LogP contribution in [0.15, 0.2) is 18.2 Å². The second-order valence-corrected chi connectivity index (χ2v) is 5.76. The molecular weight excluding hydrogens is 258 g/mol. The minimum absolute atomic E-state index is 0.0747. The first-order valence-electron chi connectivity index (χ1n) is 6.16. The van der Waals surface area contributed by atoms with Crippen LogP contribution in [0.5, 0.6) is 0 Å². The summed E-state index contributed by atoms with van der Waals surface area (Å²) in [6.45, 7) is 0. The number of hydrogen-bond acceptors (Lipinski definition) is 0. The molecule has 2 rings (SSSR count). The monoisotopic (exact) mass is 274 g/mol. The summed E-state index contributed by atoms with van der Waals surface area (Å²) < 4.78 is 13.9. The van der Waals surface area contributed by atoms with Crippen LogP contribution in [0.3, 0.4) is 0 Å². The van der Waals surface area contributed by atoms with Gasteiger partial charge >= 0.3 is 0 Å². The highest BCUT2D eigenvalue weighted by Gasteiger charge is 2.32. The second-order valence-electron chi connectivity index (χ2n) is 5.08. The molecule has 3 heteroatoms. The van der Waals surface area contributed by atoms with Gasteiger partial charge in [0.05, 0.1) is 5.02 Å². The van der Waals surface area contributed by atoms with Gasteiger partial charge in [-0.3, -0.25) is 0 Å². The Morgan fingerprint density at radius 2 is 1.88 bits per heavy atom. The van der Waals surface area contributed by atoms with Crippen molar-refractivity contribution in [2.24, 2.45) is 5.41 Å². The summed E-state index contributed by atoms with van der Waals surface area (Å²) in [5, 5.41) is 0.211. The van der Waals surface area contributed by atoms with E-state index in [1.807, 2.05) is 12.1 Å². The Labute approximate surface area is 112 Å². The first-order valence-corrected chi connectivity index (χ1v) is 7.07. The molecule has 94 valence electrons. The fourth-order valence-electron chi connectivity index (χ4n) is 2.75. The summed E-state index contributed by atoms with van der Waals surface area (Å²) in [6, 6.07) is 5.23. The van der Waals surface area contributed by atoms with Crippen LogP contribution in [-0.4, -0.2) is 5.88 Å². The van der Waals surface area contributed by atoms with Crippen LogP contribution < -0.4 is 0 Å². The van der Waals surface area contributed by atoms with Crippen LogP contribution in [0.1, 0.15) is 37.7 Å². The van der Waals surface area contributed by atoms with Gasteiger partial charge in [-0.25, -0.2) is 4.39 Å². The van der Waals surface area contributed by atoms with Gasteiger partial charge in [-0.2, -0.15) is 0 Å². The molecule has 1 aromatic carbocycles. The minimum Gasteiger partial charge on any atom is -0.205 e. The highest BCUT2D eigenvalue weighted by Crippen LogP contribution is 2.41. The Bertz CT molecular complexity index is 384. The molecule has 0 bridgehead atoms. The Morgan fingerprint density at radius 1 is 1.18 bits per heavy atom. The molecule has 1 aliphatic carbocycles. The molecule has 0 saturated heterocycles. The molecule has 0 nitrogen and oxygen atoms in total. The van der Waals surface area contributed by atoms with Crippen molar-refractivity contribution in [1.29, 1.82) is 0 Å². The minimum atomic E-state index is -0.274. The molecule has 1 aliphatic rings. The van der Waals surface area contributed by atoms with Gasteiger partial charge in [-0.1, -0.05) is 43.0 Å². The highest BCUT2D eigenvalue weighted by atomic mass is 35.5. The van der Waals surface area contributed by atoms with Crippen LogP contribution in [0.25, 0.3) is 0 Å². The second kappa shape index (κ2) is 5.58. The van der Waals surface area contributed by atoms with E-state index in [1.165, 1.54) is 19.3 Å². The maximum absolute atomic E-state index is 13.9. The van der Waals surface area contributed by atoms with E-state index in [0.29, 0.717) is 17.9 Å². The van der Waals surface area contributed by atoms with Crippen LogP contribution in [0, 0.1) is 11.2 Å². The molecule has 0 radical (unpaired) electrons. The average Bonchev–Trinajstić information content (AvgIpc) is 2.36. The van der Waals surface area contributed by atoms with E-state index < -0.39 is 0 Å². The SMILES string of the molecule is Fc1c(Cl)cccc1CC1(CCl)CCCCC1. The van der Waals surface area contributed by atoms with Gasteiger partial charge in [0.15, 0.2) is 0 Å². The molecule has 0 spiro atoms. The zero-order valence-electron chi connectivity index (χ0n) is 9.82. The molecule has 1 fully saturated rings. The third kappa shape index (κ3) is 2.95. The van der Waals surface area contributed by atoms with Gasteiger partial charge in [-0.15, -0.1) is 11.6 Å². The number of alkyl halides is 1. The van der Waals surface area contributed by atoms with Gasteiger partial charge in [-0.05, 0) is 36.3 Å². The van der Waals surface area contributed by atoms with Gasteiger partial charge < -0.3 is 0 Å².